The highest BCUT2D eigenvalue weighted by atomic mass is 16.5. The van der Waals surface area contributed by atoms with Gasteiger partial charge in [-0.1, -0.05) is 12.1 Å². The fourth-order valence-corrected chi connectivity index (χ4v) is 2.23. The van der Waals surface area contributed by atoms with Gasteiger partial charge in [0.2, 0.25) is 11.8 Å². The van der Waals surface area contributed by atoms with E-state index in [2.05, 4.69) is 15.2 Å². The number of amides is 1. The highest BCUT2D eigenvalue weighted by Crippen LogP contribution is 2.11. The lowest BCUT2D eigenvalue weighted by atomic mass is 10.2. The highest BCUT2D eigenvalue weighted by molar-refractivity contribution is 5.76. The van der Waals surface area contributed by atoms with Gasteiger partial charge in [0.1, 0.15) is 6.54 Å². The minimum Gasteiger partial charge on any atom is -0.337 e. The molecule has 0 spiro atoms. The van der Waals surface area contributed by atoms with Gasteiger partial charge in [0.05, 0.1) is 0 Å². The van der Waals surface area contributed by atoms with Crippen molar-refractivity contribution in [3.05, 3.63) is 29.7 Å². The Morgan fingerprint density at radius 2 is 2.23 bits per heavy atom. The highest BCUT2D eigenvalue weighted by Gasteiger charge is 2.20. The predicted octanol–water partition coefficient (Wildman–Crippen LogP) is 1.74. The smallest absolute Gasteiger partial charge is 0.246 e. The molecule has 0 saturated heterocycles. The summed E-state index contributed by atoms with van der Waals surface area (Å²) in [6.07, 6.45) is 3.57. The van der Waals surface area contributed by atoms with Gasteiger partial charge in [-0.2, -0.15) is 10.1 Å². The third-order valence-electron chi connectivity index (χ3n) is 3.59. The van der Waals surface area contributed by atoms with Gasteiger partial charge in [-0.3, -0.25) is 9.48 Å². The van der Waals surface area contributed by atoms with Crippen LogP contribution >= 0.6 is 0 Å². The summed E-state index contributed by atoms with van der Waals surface area (Å²) in [6.45, 7) is 6.29. The third-order valence-corrected chi connectivity index (χ3v) is 3.59. The molecule has 7 nitrogen and oxygen atoms in total. The van der Waals surface area contributed by atoms with E-state index in [1.165, 1.54) is 0 Å². The molecule has 0 aliphatic rings. The van der Waals surface area contributed by atoms with E-state index >= 15 is 0 Å². The molecule has 0 atom stereocenters. The van der Waals surface area contributed by atoms with Gasteiger partial charge in [-0.25, -0.2) is 0 Å². The summed E-state index contributed by atoms with van der Waals surface area (Å²) in [7, 11) is 1.88. The molecule has 1 amide bonds. The predicted molar refractivity (Wildman–Crippen MR) is 80.9 cm³/mol. The zero-order valence-electron chi connectivity index (χ0n) is 13.6. The fourth-order valence-electron chi connectivity index (χ4n) is 2.23. The van der Waals surface area contributed by atoms with Gasteiger partial charge in [0, 0.05) is 37.8 Å². The molecule has 0 N–H and O–H groups in total. The average molecular weight is 305 g/mol. The van der Waals surface area contributed by atoms with Crippen molar-refractivity contribution in [2.75, 3.05) is 0 Å². The Morgan fingerprint density at radius 3 is 2.77 bits per heavy atom. The topological polar surface area (TPSA) is 77.0 Å². The van der Waals surface area contributed by atoms with Crippen molar-refractivity contribution >= 4 is 5.91 Å². The first kappa shape index (κ1) is 16.2. The van der Waals surface area contributed by atoms with Crippen LogP contribution in [0.5, 0.6) is 0 Å². The molecule has 0 fully saturated rings. The average Bonchev–Trinajstić information content (AvgIpc) is 3.10. The quantitative estimate of drug-likeness (QED) is 0.778. The van der Waals surface area contributed by atoms with E-state index in [1.54, 1.807) is 15.8 Å². The standard InChI is InChI=1S/C15H23N5O2/c1-5-13-17-14(22-18-13)10-20(11(2)3)15(21)7-6-12-8-9-16-19(12)4/h8-9,11H,5-7,10H2,1-4H3. The first-order valence-electron chi connectivity index (χ1n) is 7.59. The lowest BCUT2D eigenvalue weighted by molar-refractivity contribution is -0.133. The Bertz CT molecular complexity index is 617. The van der Waals surface area contributed by atoms with Crippen LogP contribution in [-0.2, 0) is 31.2 Å². The molecule has 7 heteroatoms. The molecule has 0 unspecified atom stereocenters. The Morgan fingerprint density at radius 1 is 1.45 bits per heavy atom. The number of carbonyl (C=O) groups is 1. The van der Waals surface area contributed by atoms with Crippen LogP contribution in [0, 0.1) is 0 Å². The first-order chi connectivity index (χ1) is 10.5. The lowest BCUT2D eigenvalue weighted by Crippen LogP contribution is -2.36. The normalized spacial score (nSPS) is 11.1. The van der Waals surface area contributed by atoms with Gasteiger partial charge < -0.3 is 9.42 Å². The maximum Gasteiger partial charge on any atom is 0.246 e. The van der Waals surface area contributed by atoms with Gasteiger partial charge in [0.25, 0.3) is 0 Å². The van der Waals surface area contributed by atoms with E-state index in [1.807, 2.05) is 33.9 Å². The second-order valence-corrected chi connectivity index (χ2v) is 5.52. The van der Waals surface area contributed by atoms with Crippen LogP contribution in [0.2, 0.25) is 0 Å². The molecule has 0 radical (unpaired) electrons. The van der Waals surface area contributed by atoms with Crippen LogP contribution in [0.25, 0.3) is 0 Å². The van der Waals surface area contributed by atoms with E-state index in [4.69, 9.17) is 4.52 Å². The van der Waals surface area contributed by atoms with Crippen molar-refractivity contribution in [2.24, 2.45) is 7.05 Å². The van der Waals surface area contributed by atoms with Crippen LogP contribution < -0.4 is 0 Å². The summed E-state index contributed by atoms with van der Waals surface area (Å²) in [4.78, 5) is 18.5. The zero-order chi connectivity index (χ0) is 16.1. The monoisotopic (exact) mass is 305 g/mol. The molecule has 0 bridgehead atoms. The van der Waals surface area contributed by atoms with Crippen molar-refractivity contribution in [2.45, 2.75) is 52.6 Å². The number of hydrogen-bond donors (Lipinski definition) is 0. The van der Waals surface area contributed by atoms with E-state index in [9.17, 15) is 4.79 Å². The van der Waals surface area contributed by atoms with Gasteiger partial charge in [0.15, 0.2) is 5.82 Å². The summed E-state index contributed by atoms with van der Waals surface area (Å²) in [5.74, 6) is 1.23. The first-order valence-corrected chi connectivity index (χ1v) is 7.59. The number of carbonyl (C=O) groups excluding carboxylic acids is 1. The number of nitrogens with zero attached hydrogens (tertiary/aromatic N) is 5. The van der Waals surface area contributed by atoms with E-state index in [0.29, 0.717) is 31.1 Å². The van der Waals surface area contributed by atoms with Gasteiger partial charge in [-0.15, -0.1) is 0 Å². The van der Waals surface area contributed by atoms with Crippen molar-refractivity contribution in [1.29, 1.82) is 0 Å². The van der Waals surface area contributed by atoms with Crippen molar-refractivity contribution in [3.63, 3.8) is 0 Å². The Labute approximate surface area is 130 Å². The largest absolute Gasteiger partial charge is 0.337 e. The fraction of sp³-hybridized carbons (Fsp3) is 0.600. The third kappa shape index (κ3) is 3.93. The van der Waals surface area contributed by atoms with Crippen LogP contribution in [0.3, 0.4) is 0 Å². The molecule has 0 aliphatic heterocycles. The molecule has 2 heterocycles. The molecule has 0 aliphatic carbocycles. The molecular formula is C15H23N5O2. The zero-order valence-corrected chi connectivity index (χ0v) is 13.6. The maximum absolute atomic E-state index is 12.5. The summed E-state index contributed by atoms with van der Waals surface area (Å²) in [6, 6.07) is 2.01. The molecule has 2 aromatic heterocycles. The Hall–Kier alpha value is -2.18. The van der Waals surface area contributed by atoms with Gasteiger partial charge >= 0.3 is 0 Å². The van der Waals surface area contributed by atoms with Crippen molar-refractivity contribution in [3.8, 4) is 0 Å². The Kier molecular flexibility index (Phi) is 5.30. The van der Waals surface area contributed by atoms with E-state index in [-0.39, 0.29) is 11.9 Å². The molecule has 2 rings (SSSR count). The Balaban J connectivity index is 1.97. The second-order valence-electron chi connectivity index (χ2n) is 5.52. The number of hydrogen-bond acceptors (Lipinski definition) is 5. The number of aromatic nitrogens is 4. The summed E-state index contributed by atoms with van der Waals surface area (Å²) >= 11 is 0. The molecule has 0 saturated carbocycles. The molecular weight excluding hydrogens is 282 g/mol. The van der Waals surface area contributed by atoms with Crippen molar-refractivity contribution < 1.29 is 9.32 Å². The number of rotatable bonds is 7. The molecule has 2 aromatic rings. The maximum atomic E-state index is 12.5. The van der Waals surface area contributed by atoms with Gasteiger partial charge in [-0.05, 0) is 26.3 Å². The summed E-state index contributed by atoms with van der Waals surface area (Å²) in [5, 5.41) is 7.98. The van der Waals surface area contributed by atoms with E-state index in [0.717, 1.165) is 12.1 Å². The summed E-state index contributed by atoms with van der Waals surface area (Å²) < 4.78 is 6.98. The minimum atomic E-state index is 0.0763. The van der Waals surface area contributed by atoms with Crippen LogP contribution in [0.4, 0.5) is 0 Å². The molecule has 22 heavy (non-hydrogen) atoms. The van der Waals surface area contributed by atoms with Crippen LogP contribution in [0.15, 0.2) is 16.8 Å². The summed E-state index contributed by atoms with van der Waals surface area (Å²) in [5.41, 5.74) is 1.04. The van der Waals surface area contributed by atoms with Crippen LogP contribution in [-0.4, -0.2) is 36.8 Å². The second kappa shape index (κ2) is 7.20. The van der Waals surface area contributed by atoms with Crippen LogP contribution in [0.1, 0.15) is 44.6 Å². The lowest BCUT2D eigenvalue weighted by Gasteiger charge is -2.25. The number of aryl methyl sites for hydroxylation is 3. The van der Waals surface area contributed by atoms with E-state index < -0.39 is 0 Å². The molecule has 120 valence electrons. The van der Waals surface area contributed by atoms with Crippen molar-refractivity contribution in [1.82, 2.24) is 24.8 Å². The minimum absolute atomic E-state index is 0.0763. The SMILES string of the molecule is CCc1noc(CN(C(=O)CCc2ccnn2C)C(C)C)n1. The molecule has 0 aromatic carbocycles.